The molecule has 1 saturated heterocycles. The van der Waals surface area contributed by atoms with E-state index in [1.165, 1.54) is 42.5 Å². The molecule has 4 rings (SSSR count). The third-order valence-electron chi connectivity index (χ3n) is 7.43. The molecule has 8 nitrogen and oxygen atoms in total. The van der Waals surface area contributed by atoms with Crippen LogP contribution in [0.2, 0.25) is 5.02 Å². The second kappa shape index (κ2) is 13.2. The number of rotatable bonds is 10. The van der Waals surface area contributed by atoms with E-state index in [0.717, 1.165) is 19.3 Å². The minimum Gasteiger partial charge on any atom is -0.457 e. The fourth-order valence-corrected chi connectivity index (χ4v) is 5.13. The van der Waals surface area contributed by atoms with E-state index in [0.29, 0.717) is 54.8 Å². The average molecular weight is 584 g/mol. The van der Waals surface area contributed by atoms with Crippen LogP contribution in [0.3, 0.4) is 0 Å². The molecule has 3 aromatic carbocycles. The zero-order valence-electron chi connectivity index (χ0n) is 23.2. The number of benzene rings is 3. The maximum Gasteiger partial charge on any atom is 0.321 e. The van der Waals surface area contributed by atoms with Crippen molar-refractivity contribution in [1.82, 2.24) is 4.90 Å². The molecule has 0 unspecified atom stereocenters. The van der Waals surface area contributed by atoms with E-state index in [2.05, 4.69) is 19.2 Å². The van der Waals surface area contributed by atoms with E-state index in [9.17, 15) is 19.1 Å². The topological polar surface area (TPSA) is 114 Å². The Kier molecular flexibility index (Phi) is 9.73. The zero-order chi connectivity index (χ0) is 29.6. The average Bonchev–Trinajstić information content (AvgIpc) is 2.94. The molecule has 0 aliphatic carbocycles. The van der Waals surface area contributed by atoms with Gasteiger partial charge in [-0.3, -0.25) is 4.79 Å². The minimum atomic E-state index is -0.763. The quantitative estimate of drug-likeness (QED) is 0.231. The molecule has 1 aliphatic rings. The van der Waals surface area contributed by atoms with Crippen molar-refractivity contribution in [2.75, 3.05) is 18.4 Å². The predicted molar refractivity (Wildman–Crippen MR) is 156 cm³/mol. The SMILES string of the molecule is CCC(CC)CC1(O)CCN(C(=O)Nc2cc(Oc3ccc(F)cc3)cc(Oc3ccc(C(N)=O)cc3Cl)c2)CC1. The normalized spacial score (nSPS) is 14.5. The first-order chi connectivity index (χ1) is 19.6. The Morgan fingerprint density at radius 1 is 1.00 bits per heavy atom. The van der Waals surface area contributed by atoms with E-state index >= 15 is 0 Å². The number of carbonyl (C=O) groups is 2. The van der Waals surface area contributed by atoms with Crippen LogP contribution in [0.1, 0.15) is 56.3 Å². The number of hydrogen-bond donors (Lipinski definition) is 3. The lowest BCUT2D eigenvalue weighted by molar-refractivity contribution is -0.0309. The Morgan fingerprint density at radius 2 is 1.63 bits per heavy atom. The molecular formula is C31H35ClFN3O5. The van der Waals surface area contributed by atoms with Crippen LogP contribution < -0.4 is 20.5 Å². The molecule has 3 aromatic rings. The van der Waals surface area contributed by atoms with Crippen molar-refractivity contribution in [3.63, 3.8) is 0 Å². The van der Waals surface area contributed by atoms with E-state index < -0.39 is 17.3 Å². The molecule has 0 saturated carbocycles. The van der Waals surface area contributed by atoms with Gasteiger partial charge in [-0.15, -0.1) is 0 Å². The highest BCUT2D eigenvalue weighted by molar-refractivity contribution is 6.32. The number of hydrogen-bond acceptors (Lipinski definition) is 5. The molecule has 1 aliphatic heterocycles. The summed E-state index contributed by atoms with van der Waals surface area (Å²) in [4.78, 5) is 26.3. The Labute approximate surface area is 244 Å². The number of anilines is 1. The number of aliphatic hydroxyl groups is 1. The van der Waals surface area contributed by atoms with Gasteiger partial charge >= 0.3 is 6.03 Å². The van der Waals surface area contributed by atoms with Crippen molar-refractivity contribution in [2.45, 2.75) is 51.6 Å². The van der Waals surface area contributed by atoms with Crippen molar-refractivity contribution >= 4 is 29.2 Å². The van der Waals surface area contributed by atoms with Crippen LogP contribution in [0.5, 0.6) is 23.0 Å². The maximum atomic E-state index is 13.4. The van der Waals surface area contributed by atoms with Gasteiger partial charge < -0.3 is 30.5 Å². The molecule has 10 heteroatoms. The van der Waals surface area contributed by atoms with Gasteiger partial charge in [-0.2, -0.15) is 0 Å². The molecule has 0 bridgehead atoms. The predicted octanol–water partition coefficient (Wildman–Crippen LogP) is 7.35. The first kappa shape index (κ1) is 30.1. The van der Waals surface area contributed by atoms with Gasteiger partial charge in [0.2, 0.25) is 5.91 Å². The summed E-state index contributed by atoms with van der Waals surface area (Å²) in [6, 6.07) is 14.4. The highest BCUT2D eigenvalue weighted by Crippen LogP contribution is 2.36. The lowest BCUT2D eigenvalue weighted by Crippen LogP contribution is -2.48. The third-order valence-corrected chi connectivity index (χ3v) is 7.72. The van der Waals surface area contributed by atoms with E-state index in [1.807, 2.05) is 0 Å². The highest BCUT2D eigenvalue weighted by Gasteiger charge is 2.35. The van der Waals surface area contributed by atoms with Gasteiger partial charge in [0.1, 0.15) is 28.8 Å². The first-order valence-corrected chi connectivity index (χ1v) is 14.1. The summed E-state index contributed by atoms with van der Waals surface area (Å²) in [5.74, 6) is 0.718. The third kappa shape index (κ3) is 8.11. The summed E-state index contributed by atoms with van der Waals surface area (Å²) in [5, 5.41) is 14.1. The van der Waals surface area contributed by atoms with Gasteiger partial charge in [-0.1, -0.05) is 38.3 Å². The Hall–Kier alpha value is -3.82. The largest absolute Gasteiger partial charge is 0.457 e. The number of amides is 3. The van der Waals surface area contributed by atoms with Crippen molar-refractivity contribution in [2.24, 2.45) is 11.7 Å². The number of halogens is 2. The molecule has 218 valence electrons. The van der Waals surface area contributed by atoms with Crippen LogP contribution in [0.4, 0.5) is 14.9 Å². The van der Waals surface area contributed by atoms with Gasteiger partial charge in [-0.25, -0.2) is 9.18 Å². The van der Waals surface area contributed by atoms with Crippen molar-refractivity contribution in [3.8, 4) is 23.0 Å². The zero-order valence-corrected chi connectivity index (χ0v) is 23.9. The van der Waals surface area contributed by atoms with Gasteiger partial charge in [-0.05, 0) is 67.6 Å². The van der Waals surface area contributed by atoms with Crippen LogP contribution in [0.15, 0.2) is 60.7 Å². The molecule has 4 N–H and O–H groups in total. The second-order valence-corrected chi connectivity index (χ2v) is 10.8. The van der Waals surface area contributed by atoms with E-state index in [-0.39, 0.29) is 22.4 Å². The molecule has 0 atom stereocenters. The lowest BCUT2D eigenvalue weighted by Gasteiger charge is -2.39. The summed E-state index contributed by atoms with van der Waals surface area (Å²) in [6.45, 7) is 5.13. The molecule has 41 heavy (non-hydrogen) atoms. The molecule has 1 heterocycles. The summed E-state index contributed by atoms with van der Waals surface area (Å²) in [7, 11) is 0. The lowest BCUT2D eigenvalue weighted by atomic mass is 9.81. The summed E-state index contributed by atoms with van der Waals surface area (Å²) < 4.78 is 25.3. The second-order valence-electron chi connectivity index (χ2n) is 10.4. The number of carbonyl (C=O) groups excluding carboxylic acids is 2. The molecule has 0 aromatic heterocycles. The number of nitrogens with zero attached hydrogens (tertiary/aromatic N) is 1. The van der Waals surface area contributed by atoms with Gasteiger partial charge in [0.25, 0.3) is 0 Å². The van der Waals surface area contributed by atoms with Crippen LogP contribution in [0.25, 0.3) is 0 Å². The number of likely N-dealkylation sites (tertiary alicyclic amines) is 1. The summed E-state index contributed by atoms with van der Waals surface area (Å²) >= 11 is 6.31. The highest BCUT2D eigenvalue weighted by atomic mass is 35.5. The fourth-order valence-electron chi connectivity index (χ4n) is 4.91. The maximum absolute atomic E-state index is 13.4. The molecule has 0 radical (unpaired) electrons. The Morgan fingerprint density at radius 3 is 2.22 bits per heavy atom. The number of nitrogens with two attached hydrogens (primary N) is 1. The number of urea groups is 1. The Balaban J connectivity index is 1.52. The summed E-state index contributed by atoms with van der Waals surface area (Å²) in [5.41, 5.74) is 5.19. The number of primary amides is 1. The smallest absolute Gasteiger partial charge is 0.321 e. The number of nitrogens with one attached hydrogen (secondary N) is 1. The van der Waals surface area contributed by atoms with Crippen LogP contribution in [-0.4, -0.2) is 40.6 Å². The van der Waals surface area contributed by atoms with Gasteiger partial charge in [0, 0.05) is 42.5 Å². The minimum absolute atomic E-state index is 0.172. The van der Waals surface area contributed by atoms with Crippen molar-refractivity contribution in [1.29, 1.82) is 0 Å². The monoisotopic (exact) mass is 583 g/mol. The van der Waals surface area contributed by atoms with Crippen molar-refractivity contribution in [3.05, 3.63) is 77.1 Å². The molecule has 0 spiro atoms. The molecular weight excluding hydrogens is 549 g/mol. The number of ether oxygens (including phenoxy) is 2. The summed E-state index contributed by atoms with van der Waals surface area (Å²) in [6.07, 6.45) is 3.80. The van der Waals surface area contributed by atoms with Crippen LogP contribution in [0, 0.1) is 11.7 Å². The van der Waals surface area contributed by atoms with Gasteiger partial charge in [0.05, 0.1) is 10.6 Å². The fraction of sp³-hybridized carbons (Fsp3) is 0.355. The van der Waals surface area contributed by atoms with E-state index in [4.69, 9.17) is 26.8 Å². The molecule has 3 amide bonds. The Bertz CT molecular complexity index is 1370. The van der Waals surface area contributed by atoms with Crippen LogP contribution in [-0.2, 0) is 0 Å². The number of piperidine rings is 1. The molecule has 1 fully saturated rings. The first-order valence-electron chi connectivity index (χ1n) is 13.7. The van der Waals surface area contributed by atoms with E-state index in [1.54, 1.807) is 23.1 Å². The van der Waals surface area contributed by atoms with Crippen molar-refractivity contribution < 1.29 is 28.6 Å². The van der Waals surface area contributed by atoms with Crippen LogP contribution >= 0.6 is 11.6 Å². The standard InChI is InChI=1S/C31H35ClFN3O5/c1-3-20(4-2)19-31(39)11-13-36(14-12-31)30(38)35-23-16-25(40-24-8-6-22(33)7-9-24)18-26(17-23)41-28-10-5-21(29(34)37)15-27(28)32/h5-10,15-18,20,39H,3-4,11-14,19H2,1-2H3,(H2,34,37)(H,35,38). The van der Waals surface area contributed by atoms with Gasteiger partial charge in [0.15, 0.2) is 0 Å².